The summed E-state index contributed by atoms with van der Waals surface area (Å²) in [6.07, 6.45) is 0. The van der Waals surface area contributed by atoms with Gasteiger partial charge in [-0.15, -0.1) is 0 Å². The topological polar surface area (TPSA) is 127 Å². The summed E-state index contributed by atoms with van der Waals surface area (Å²) in [6.45, 7) is 0. The third kappa shape index (κ3) is 2.38. The fourth-order valence-corrected chi connectivity index (χ4v) is 3.38. The van der Waals surface area contributed by atoms with Gasteiger partial charge in [0, 0.05) is 0 Å². The lowest BCUT2D eigenvalue weighted by molar-refractivity contribution is 0.389. The molecule has 0 amide bonds. The Labute approximate surface area is 134 Å². The average molecular weight is 388 g/mol. The molecule has 0 heterocycles. The van der Waals surface area contributed by atoms with Gasteiger partial charge in [0.2, 0.25) is 9.84 Å². The van der Waals surface area contributed by atoms with Crippen LogP contribution < -0.4 is 11.5 Å². The van der Waals surface area contributed by atoms with Gasteiger partial charge >= 0.3 is 0 Å². The van der Waals surface area contributed by atoms with Crippen LogP contribution >= 0.6 is 0 Å². The molecule has 0 radical (unpaired) electrons. The Balaban J connectivity index is 3.02. The van der Waals surface area contributed by atoms with Gasteiger partial charge in [-0.2, -0.15) is 0 Å². The number of hydrogen-bond acceptors (Lipinski definition) is 6. The van der Waals surface area contributed by atoms with E-state index < -0.39 is 77.4 Å². The molecule has 0 bridgehead atoms. The molecule has 13 heteroatoms. The standard InChI is InChI=1S/C12H6F6N2O4S/c13-1-3(15)11(5(17)9(21)7(1)19)25(23,24)12-4(16)2(14)8(20)10(22)6(12)18/h21-22H,19-20H2. The van der Waals surface area contributed by atoms with Crippen molar-refractivity contribution in [3.63, 3.8) is 0 Å². The fraction of sp³-hybridized carbons (Fsp3) is 0. The van der Waals surface area contributed by atoms with Gasteiger partial charge in [-0.05, 0) is 0 Å². The van der Waals surface area contributed by atoms with E-state index in [1.165, 1.54) is 0 Å². The van der Waals surface area contributed by atoms with Crippen molar-refractivity contribution >= 4 is 21.2 Å². The number of halogens is 6. The summed E-state index contributed by atoms with van der Waals surface area (Å²) in [4.78, 5) is -4.70. The lowest BCUT2D eigenvalue weighted by Crippen LogP contribution is -2.16. The number of nitrogens with two attached hydrogens (primary N) is 2. The van der Waals surface area contributed by atoms with E-state index in [0.29, 0.717) is 0 Å². The fourth-order valence-electron chi connectivity index (χ4n) is 1.86. The maximum Gasteiger partial charge on any atom is 0.218 e. The maximum absolute atomic E-state index is 13.9. The summed E-state index contributed by atoms with van der Waals surface area (Å²) in [6, 6.07) is 0. The van der Waals surface area contributed by atoms with E-state index in [1.807, 2.05) is 0 Å². The Morgan fingerprint density at radius 1 is 0.600 bits per heavy atom. The number of benzene rings is 2. The number of rotatable bonds is 2. The Morgan fingerprint density at radius 3 is 1.16 bits per heavy atom. The van der Waals surface area contributed by atoms with E-state index in [0.717, 1.165) is 0 Å². The van der Waals surface area contributed by atoms with E-state index in [2.05, 4.69) is 0 Å². The molecule has 0 saturated heterocycles. The molecule has 0 spiro atoms. The van der Waals surface area contributed by atoms with Crippen LogP contribution in [0.4, 0.5) is 37.7 Å². The Morgan fingerprint density at radius 2 is 0.880 bits per heavy atom. The third-order valence-corrected chi connectivity index (χ3v) is 4.91. The maximum atomic E-state index is 13.9. The van der Waals surface area contributed by atoms with E-state index in [9.17, 15) is 45.0 Å². The third-order valence-electron chi connectivity index (χ3n) is 3.12. The molecule has 0 aliphatic heterocycles. The van der Waals surface area contributed by atoms with Gasteiger partial charge in [0.1, 0.15) is 11.4 Å². The minimum atomic E-state index is -6.00. The average Bonchev–Trinajstić information content (AvgIpc) is 2.54. The zero-order valence-corrected chi connectivity index (χ0v) is 12.4. The van der Waals surface area contributed by atoms with E-state index in [1.54, 1.807) is 0 Å². The summed E-state index contributed by atoms with van der Waals surface area (Å²) in [5.74, 6) is -18.0. The SMILES string of the molecule is Nc1c(O)c(F)c(S(=O)(=O)c2c(F)c(O)c(N)c(F)c2F)c(F)c1F. The highest BCUT2D eigenvalue weighted by atomic mass is 32.2. The van der Waals surface area contributed by atoms with Crippen LogP contribution in [0.5, 0.6) is 11.5 Å². The number of phenolic OH excluding ortho intramolecular Hbond substituents is 2. The quantitative estimate of drug-likeness (QED) is 0.270. The van der Waals surface area contributed by atoms with Gasteiger partial charge in [0.25, 0.3) is 0 Å². The highest BCUT2D eigenvalue weighted by Crippen LogP contribution is 2.41. The normalized spacial score (nSPS) is 11.8. The summed E-state index contributed by atoms with van der Waals surface area (Å²) in [5, 5.41) is 18.4. The number of phenols is 2. The van der Waals surface area contributed by atoms with E-state index in [4.69, 9.17) is 11.5 Å². The Kier molecular flexibility index (Phi) is 4.16. The highest BCUT2D eigenvalue weighted by molar-refractivity contribution is 7.91. The van der Waals surface area contributed by atoms with E-state index in [-0.39, 0.29) is 0 Å². The molecule has 136 valence electrons. The Hall–Kier alpha value is -2.83. The molecule has 0 fully saturated rings. The number of hydrogen-bond donors (Lipinski definition) is 4. The van der Waals surface area contributed by atoms with Crippen molar-refractivity contribution in [3.05, 3.63) is 34.9 Å². The van der Waals surface area contributed by atoms with Crippen LogP contribution in [-0.2, 0) is 9.84 Å². The van der Waals surface area contributed by atoms with Crippen LogP contribution in [-0.4, -0.2) is 18.6 Å². The molecule has 0 saturated carbocycles. The van der Waals surface area contributed by atoms with E-state index >= 15 is 0 Å². The number of nitrogen functional groups attached to an aromatic ring is 2. The number of sulfone groups is 1. The molecule has 2 aromatic rings. The first-order valence-corrected chi connectivity index (χ1v) is 7.38. The molecule has 0 aliphatic carbocycles. The van der Waals surface area contributed by atoms with Gasteiger partial charge in [-0.25, -0.2) is 34.8 Å². The summed E-state index contributed by atoms with van der Waals surface area (Å²) in [5.41, 5.74) is 6.57. The molecule has 0 aromatic heterocycles. The molecule has 25 heavy (non-hydrogen) atoms. The highest BCUT2D eigenvalue weighted by Gasteiger charge is 2.39. The van der Waals surface area contributed by atoms with Crippen LogP contribution in [0.3, 0.4) is 0 Å². The smallest absolute Gasteiger partial charge is 0.218 e. The van der Waals surface area contributed by atoms with Crippen LogP contribution in [0.25, 0.3) is 0 Å². The summed E-state index contributed by atoms with van der Waals surface area (Å²) in [7, 11) is -6.00. The van der Waals surface area contributed by atoms with Crippen LogP contribution in [0.15, 0.2) is 9.79 Å². The molecule has 0 unspecified atom stereocenters. The van der Waals surface area contributed by atoms with Gasteiger partial charge in [0.05, 0.1) is 0 Å². The van der Waals surface area contributed by atoms with Crippen molar-refractivity contribution < 1.29 is 45.0 Å². The van der Waals surface area contributed by atoms with Gasteiger partial charge in [-0.3, -0.25) is 0 Å². The monoisotopic (exact) mass is 388 g/mol. The first kappa shape index (κ1) is 18.5. The Bertz CT molecular complexity index is 892. The van der Waals surface area contributed by atoms with Crippen LogP contribution in [0.1, 0.15) is 0 Å². The first-order chi connectivity index (χ1) is 11.4. The second-order valence-electron chi connectivity index (χ2n) is 4.57. The first-order valence-electron chi connectivity index (χ1n) is 5.90. The van der Waals surface area contributed by atoms with Gasteiger partial charge in [0.15, 0.2) is 56.2 Å². The zero-order chi connectivity index (χ0) is 19.4. The summed E-state index contributed by atoms with van der Waals surface area (Å²) < 4.78 is 107. The second kappa shape index (κ2) is 5.61. The minimum absolute atomic E-state index is 1.51. The molecule has 6 N–H and O–H groups in total. The molecular weight excluding hydrogens is 382 g/mol. The van der Waals surface area contributed by atoms with Crippen LogP contribution in [0, 0.1) is 34.9 Å². The van der Waals surface area contributed by atoms with Gasteiger partial charge < -0.3 is 21.7 Å². The molecule has 2 rings (SSSR count). The predicted octanol–water partition coefficient (Wildman–Crippen LogP) is 1.93. The largest absolute Gasteiger partial charge is 0.503 e. The number of anilines is 2. The van der Waals surface area contributed by atoms with Crippen molar-refractivity contribution in [1.29, 1.82) is 0 Å². The molecule has 0 atom stereocenters. The van der Waals surface area contributed by atoms with Crippen molar-refractivity contribution in [2.75, 3.05) is 11.5 Å². The van der Waals surface area contributed by atoms with Crippen molar-refractivity contribution in [3.8, 4) is 11.5 Å². The molecule has 6 nitrogen and oxygen atoms in total. The lowest BCUT2D eigenvalue weighted by atomic mass is 10.2. The second-order valence-corrected chi connectivity index (χ2v) is 6.39. The predicted molar refractivity (Wildman–Crippen MR) is 70.2 cm³/mol. The molecule has 0 aliphatic rings. The van der Waals surface area contributed by atoms with Crippen molar-refractivity contribution in [1.82, 2.24) is 0 Å². The molecular formula is C12H6F6N2O4S. The summed E-state index contributed by atoms with van der Waals surface area (Å²) >= 11 is 0. The van der Waals surface area contributed by atoms with Crippen LogP contribution in [0.2, 0.25) is 0 Å². The minimum Gasteiger partial charge on any atom is -0.503 e. The lowest BCUT2D eigenvalue weighted by Gasteiger charge is -2.14. The molecule has 2 aromatic carbocycles. The van der Waals surface area contributed by atoms with Crippen molar-refractivity contribution in [2.24, 2.45) is 0 Å². The number of aromatic hydroxyl groups is 2. The van der Waals surface area contributed by atoms with Gasteiger partial charge in [-0.1, -0.05) is 0 Å². The zero-order valence-electron chi connectivity index (χ0n) is 11.5. The van der Waals surface area contributed by atoms with Crippen molar-refractivity contribution in [2.45, 2.75) is 9.79 Å².